The van der Waals surface area contributed by atoms with Crippen LogP contribution < -0.4 is 0 Å². The average molecular weight is 143 g/mol. The topological polar surface area (TPSA) is 83.6 Å². The van der Waals surface area contributed by atoms with Gasteiger partial charge in [0.15, 0.2) is 5.76 Å². The van der Waals surface area contributed by atoms with Crippen LogP contribution in [0, 0.1) is 0 Å². The van der Waals surface area contributed by atoms with Crippen LogP contribution in [0.25, 0.3) is 0 Å². The molecule has 1 atom stereocenters. The lowest BCUT2D eigenvalue weighted by atomic mass is 10.3. The highest BCUT2D eigenvalue weighted by Gasteiger charge is 2.18. The van der Waals surface area contributed by atoms with Crippen molar-refractivity contribution in [3.05, 3.63) is 18.0 Å². The minimum atomic E-state index is -1.61. The molecule has 0 spiro atoms. The third-order valence-electron chi connectivity index (χ3n) is 0.961. The minimum Gasteiger partial charge on any atom is -0.479 e. The van der Waals surface area contributed by atoms with Gasteiger partial charge in [0, 0.05) is 6.07 Å². The number of hydrogen-bond donors (Lipinski definition) is 2. The van der Waals surface area contributed by atoms with E-state index in [-0.39, 0.29) is 5.76 Å². The Bertz CT molecular complexity index is 218. The molecule has 1 unspecified atom stereocenters. The molecule has 0 amide bonds. The van der Waals surface area contributed by atoms with Gasteiger partial charge >= 0.3 is 5.97 Å². The Hall–Kier alpha value is -1.36. The standard InChI is InChI=1S/C5H5NO4/c7-4(5(8)9)3-1-2-6-10-3/h1-2,4,7H,(H,8,9). The van der Waals surface area contributed by atoms with E-state index in [1.165, 1.54) is 12.3 Å². The van der Waals surface area contributed by atoms with Gasteiger partial charge in [-0.05, 0) is 0 Å². The highest BCUT2D eigenvalue weighted by atomic mass is 16.5. The van der Waals surface area contributed by atoms with E-state index in [0.29, 0.717) is 0 Å². The number of aliphatic hydroxyl groups excluding tert-OH is 1. The van der Waals surface area contributed by atoms with Crippen molar-refractivity contribution in [2.45, 2.75) is 6.10 Å². The number of aliphatic carboxylic acids is 1. The molecule has 5 heteroatoms. The summed E-state index contributed by atoms with van der Waals surface area (Å²) in [6.07, 6.45) is -0.343. The summed E-state index contributed by atoms with van der Waals surface area (Å²) in [6.45, 7) is 0. The highest BCUT2D eigenvalue weighted by molar-refractivity contribution is 5.72. The van der Waals surface area contributed by atoms with Crippen LogP contribution in [0.4, 0.5) is 0 Å². The Morgan fingerprint density at radius 2 is 2.50 bits per heavy atom. The Balaban J connectivity index is 2.77. The zero-order chi connectivity index (χ0) is 7.56. The summed E-state index contributed by atoms with van der Waals surface area (Å²) in [7, 11) is 0. The number of carboxylic acids is 1. The molecule has 0 aliphatic carbocycles. The van der Waals surface area contributed by atoms with Crippen LogP contribution in [0.1, 0.15) is 11.9 Å². The fraction of sp³-hybridized carbons (Fsp3) is 0.200. The second kappa shape index (κ2) is 2.49. The van der Waals surface area contributed by atoms with Crippen LogP contribution in [-0.4, -0.2) is 21.3 Å². The van der Waals surface area contributed by atoms with Crippen LogP contribution in [0.2, 0.25) is 0 Å². The van der Waals surface area contributed by atoms with E-state index < -0.39 is 12.1 Å². The summed E-state index contributed by atoms with van der Waals surface area (Å²) >= 11 is 0. The SMILES string of the molecule is O=C(O)C(O)c1ccno1. The third-order valence-corrected chi connectivity index (χ3v) is 0.961. The van der Waals surface area contributed by atoms with E-state index in [9.17, 15) is 4.79 Å². The van der Waals surface area contributed by atoms with Crippen molar-refractivity contribution in [3.63, 3.8) is 0 Å². The molecular weight excluding hydrogens is 138 g/mol. The van der Waals surface area contributed by atoms with E-state index in [1.54, 1.807) is 0 Å². The van der Waals surface area contributed by atoms with E-state index in [0.717, 1.165) is 0 Å². The lowest BCUT2D eigenvalue weighted by Gasteiger charge is -1.96. The van der Waals surface area contributed by atoms with Crippen molar-refractivity contribution in [1.29, 1.82) is 0 Å². The van der Waals surface area contributed by atoms with Gasteiger partial charge in [-0.2, -0.15) is 0 Å². The van der Waals surface area contributed by atoms with Crippen LogP contribution >= 0.6 is 0 Å². The predicted octanol–water partition coefficient (Wildman–Crippen LogP) is -0.207. The number of aromatic nitrogens is 1. The first-order chi connectivity index (χ1) is 4.72. The monoisotopic (exact) mass is 143 g/mol. The number of aliphatic hydroxyl groups is 1. The van der Waals surface area contributed by atoms with E-state index >= 15 is 0 Å². The summed E-state index contributed by atoms with van der Waals surface area (Å²) in [5.41, 5.74) is 0. The van der Waals surface area contributed by atoms with Crippen LogP contribution in [-0.2, 0) is 4.79 Å². The zero-order valence-electron chi connectivity index (χ0n) is 4.89. The second-order valence-corrected chi connectivity index (χ2v) is 1.66. The fourth-order valence-electron chi connectivity index (χ4n) is 0.488. The van der Waals surface area contributed by atoms with E-state index in [1.807, 2.05) is 0 Å². The lowest BCUT2D eigenvalue weighted by Crippen LogP contribution is -2.09. The molecule has 0 aliphatic heterocycles. The van der Waals surface area contributed by atoms with Gasteiger partial charge in [0.2, 0.25) is 6.10 Å². The van der Waals surface area contributed by atoms with E-state index in [2.05, 4.69) is 9.68 Å². The fourth-order valence-corrected chi connectivity index (χ4v) is 0.488. The summed E-state index contributed by atoms with van der Waals surface area (Å²) in [5, 5.41) is 20.2. The molecule has 1 heterocycles. The van der Waals surface area contributed by atoms with Gasteiger partial charge < -0.3 is 14.7 Å². The molecule has 0 saturated heterocycles. The zero-order valence-corrected chi connectivity index (χ0v) is 4.89. The van der Waals surface area contributed by atoms with Crippen molar-refractivity contribution in [2.24, 2.45) is 0 Å². The van der Waals surface area contributed by atoms with Crippen molar-refractivity contribution >= 4 is 5.97 Å². The van der Waals surface area contributed by atoms with E-state index in [4.69, 9.17) is 10.2 Å². The lowest BCUT2D eigenvalue weighted by molar-refractivity contribution is -0.148. The summed E-state index contributed by atoms with van der Waals surface area (Å²) in [6, 6.07) is 1.29. The first-order valence-corrected chi connectivity index (χ1v) is 2.53. The smallest absolute Gasteiger partial charge is 0.340 e. The molecule has 0 aliphatic rings. The second-order valence-electron chi connectivity index (χ2n) is 1.66. The molecule has 10 heavy (non-hydrogen) atoms. The maximum Gasteiger partial charge on any atom is 0.340 e. The molecule has 0 bridgehead atoms. The summed E-state index contributed by atoms with van der Waals surface area (Å²) in [4.78, 5) is 10.1. The van der Waals surface area contributed by atoms with Crippen molar-refractivity contribution in [2.75, 3.05) is 0 Å². The number of hydrogen-bond acceptors (Lipinski definition) is 4. The molecule has 1 rings (SSSR count). The van der Waals surface area contributed by atoms with Gasteiger partial charge in [-0.3, -0.25) is 0 Å². The largest absolute Gasteiger partial charge is 0.479 e. The molecule has 5 nitrogen and oxygen atoms in total. The number of rotatable bonds is 2. The molecule has 1 aromatic heterocycles. The average Bonchev–Trinajstić information content (AvgIpc) is 2.36. The predicted molar refractivity (Wildman–Crippen MR) is 29.1 cm³/mol. The quantitative estimate of drug-likeness (QED) is 0.598. The Morgan fingerprint density at radius 1 is 1.80 bits per heavy atom. The molecule has 1 aromatic rings. The van der Waals surface area contributed by atoms with Gasteiger partial charge in [0.05, 0.1) is 6.20 Å². The van der Waals surface area contributed by atoms with Gasteiger partial charge in [-0.1, -0.05) is 5.16 Å². The first kappa shape index (κ1) is 6.76. The Kier molecular flexibility index (Phi) is 1.68. The summed E-state index contributed by atoms with van der Waals surface area (Å²) in [5.74, 6) is -1.41. The van der Waals surface area contributed by atoms with Gasteiger partial charge in [0.1, 0.15) is 0 Å². The van der Waals surface area contributed by atoms with Crippen molar-refractivity contribution in [1.82, 2.24) is 5.16 Å². The summed E-state index contributed by atoms with van der Waals surface area (Å²) < 4.78 is 4.38. The Morgan fingerprint density at radius 3 is 2.90 bits per heavy atom. The number of carboxylic acid groups (broad SMARTS) is 1. The van der Waals surface area contributed by atoms with Crippen molar-refractivity contribution < 1.29 is 19.5 Å². The highest BCUT2D eigenvalue weighted by Crippen LogP contribution is 2.10. The van der Waals surface area contributed by atoms with Gasteiger partial charge in [-0.15, -0.1) is 0 Å². The first-order valence-electron chi connectivity index (χ1n) is 2.53. The maximum atomic E-state index is 10.1. The number of nitrogens with zero attached hydrogens (tertiary/aromatic N) is 1. The van der Waals surface area contributed by atoms with Gasteiger partial charge in [0.25, 0.3) is 0 Å². The Labute approximate surface area is 55.9 Å². The minimum absolute atomic E-state index is 0.0625. The molecule has 0 fully saturated rings. The van der Waals surface area contributed by atoms with Crippen LogP contribution in [0.5, 0.6) is 0 Å². The molecular formula is C5H5NO4. The van der Waals surface area contributed by atoms with Crippen molar-refractivity contribution in [3.8, 4) is 0 Å². The normalized spacial score (nSPS) is 12.9. The molecule has 2 N–H and O–H groups in total. The maximum absolute atomic E-state index is 10.1. The number of carbonyl (C=O) groups is 1. The van der Waals surface area contributed by atoms with Crippen LogP contribution in [0.15, 0.2) is 16.8 Å². The molecule has 54 valence electrons. The third kappa shape index (κ3) is 1.14. The molecule has 0 radical (unpaired) electrons. The molecule has 0 aromatic carbocycles. The van der Waals surface area contributed by atoms with Gasteiger partial charge in [-0.25, -0.2) is 4.79 Å². The molecule has 0 saturated carbocycles. The van der Waals surface area contributed by atoms with Crippen LogP contribution in [0.3, 0.4) is 0 Å².